The normalized spacial score (nSPS) is 18.9. The van der Waals surface area contributed by atoms with Crippen LogP contribution in [-0.2, 0) is 11.2 Å². The highest BCUT2D eigenvalue weighted by Gasteiger charge is 2.32. The quantitative estimate of drug-likeness (QED) is 0.518. The third-order valence-corrected chi connectivity index (χ3v) is 3.49. The highest BCUT2D eigenvalue weighted by molar-refractivity contribution is 5.90. The number of rotatable bonds is 3. The molecule has 1 saturated heterocycles. The van der Waals surface area contributed by atoms with E-state index in [1.54, 1.807) is 11.1 Å². The lowest BCUT2D eigenvalue weighted by atomic mass is 10.1. The van der Waals surface area contributed by atoms with Crippen molar-refractivity contribution in [1.82, 2.24) is 4.90 Å². The van der Waals surface area contributed by atoms with Gasteiger partial charge in [-0.05, 0) is 25.3 Å². The molecule has 1 unspecified atom stereocenters. The predicted molar refractivity (Wildman–Crippen MR) is 75.3 cm³/mol. The van der Waals surface area contributed by atoms with Crippen LogP contribution < -0.4 is 0 Å². The van der Waals surface area contributed by atoms with Crippen LogP contribution in [0.1, 0.15) is 24.0 Å². The van der Waals surface area contributed by atoms with E-state index in [0.29, 0.717) is 25.2 Å². The molecule has 20 heavy (non-hydrogen) atoms. The molecule has 1 aliphatic heterocycles. The van der Waals surface area contributed by atoms with Crippen molar-refractivity contribution in [2.75, 3.05) is 6.54 Å². The number of aliphatic carboxylic acids is 1. The van der Waals surface area contributed by atoms with Crippen LogP contribution in [0.15, 0.2) is 29.3 Å². The van der Waals surface area contributed by atoms with Gasteiger partial charge in [0.25, 0.3) is 0 Å². The number of likely N-dealkylation sites (tertiary alicyclic amines) is 1. The number of hydrogen-bond acceptors (Lipinski definition) is 3. The minimum absolute atomic E-state index is 0.485. The summed E-state index contributed by atoms with van der Waals surface area (Å²) >= 11 is 0. The van der Waals surface area contributed by atoms with Gasteiger partial charge in [0.05, 0.1) is 0 Å². The largest absolute Gasteiger partial charge is 0.480 e. The third-order valence-electron chi connectivity index (χ3n) is 3.49. The van der Waals surface area contributed by atoms with Crippen LogP contribution in [0.3, 0.4) is 0 Å². The van der Waals surface area contributed by atoms with Gasteiger partial charge < -0.3 is 10.0 Å². The fourth-order valence-electron chi connectivity index (χ4n) is 2.60. The molecular weight excluding hydrogens is 254 g/mol. The second-order valence-electron chi connectivity index (χ2n) is 4.98. The molecule has 0 amide bonds. The number of carbonyl (C=O) groups is 1. The Hall–Kier alpha value is -2.35. The second kappa shape index (κ2) is 6.20. The monoisotopic (exact) mass is 271 g/mol. The molecule has 1 atom stereocenters. The summed E-state index contributed by atoms with van der Waals surface area (Å²) in [5, 5.41) is 18.1. The first-order valence-electron chi connectivity index (χ1n) is 6.62. The molecule has 5 heteroatoms. The van der Waals surface area contributed by atoms with Gasteiger partial charge in [-0.2, -0.15) is 10.3 Å². The Balaban J connectivity index is 2.22. The van der Waals surface area contributed by atoms with Gasteiger partial charge in [0.1, 0.15) is 11.9 Å². The molecule has 0 radical (unpaired) electrons. The number of amidine groups is 1. The summed E-state index contributed by atoms with van der Waals surface area (Å²) in [4.78, 5) is 16.8. The van der Waals surface area contributed by atoms with Crippen LogP contribution in [0.4, 0.5) is 0 Å². The Labute approximate surface area is 118 Å². The molecule has 1 aromatic carbocycles. The average molecular weight is 271 g/mol. The van der Waals surface area contributed by atoms with Crippen LogP contribution in [0.5, 0.6) is 0 Å². The number of aliphatic imine (C=N–C) groups is 1. The van der Waals surface area contributed by atoms with Gasteiger partial charge in [-0.15, -0.1) is 0 Å². The molecule has 1 aliphatic rings. The van der Waals surface area contributed by atoms with Crippen LogP contribution in [0.25, 0.3) is 0 Å². The summed E-state index contributed by atoms with van der Waals surface area (Å²) < 4.78 is 0. The number of carboxylic acids is 1. The van der Waals surface area contributed by atoms with Gasteiger partial charge in [0, 0.05) is 13.0 Å². The molecule has 104 valence electrons. The van der Waals surface area contributed by atoms with Crippen molar-refractivity contribution in [3.05, 3.63) is 35.4 Å². The van der Waals surface area contributed by atoms with E-state index in [1.165, 1.54) is 0 Å². The van der Waals surface area contributed by atoms with Crippen molar-refractivity contribution >= 4 is 11.8 Å². The standard InChI is InChI=1S/C15H17N3O2/c1-11-4-2-5-12(8-11)9-14(17-10-16)18-7-3-6-13(18)15(19)20/h2,4-5,8,13H,3,6-7,9H2,1H3,(H,19,20). The topological polar surface area (TPSA) is 76.7 Å². The molecule has 2 rings (SSSR count). The van der Waals surface area contributed by atoms with Crippen molar-refractivity contribution in [2.24, 2.45) is 4.99 Å². The molecule has 1 fully saturated rings. The molecule has 0 aliphatic carbocycles. The summed E-state index contributed by atoms with van der Waals surface area (Å²) in [5.41, 5.74) is 2.17. The molecule has 0 spiro atoms. The van der Waals surface area contributed by atoms with Crippen molar-refractivity contribution < 1.29 is 9.90 Å². The predicted octanol–water partition coefficient (Wildman–Crippen LogP) is 1.97. The van der Waals surface area contributed by atoms with Gasteiger partial charge >= 0.3 is 5.97 Å². The number of nitriles is 1. The van der Waals surface area contributed by atoms with Crippen molar-refractivity contribution in [3.8, 4) is 6.19 Å². The fraction of sp³-hybridized carbons (Fsp3) is 0.400. The van der Waals surface area contributed by atoms with Crippen LogP contribution in [-0.4, -0.2) is 34.4 Å². The maximum Gasteiger partial charge on any atom is 0.326 e. The Morgan fingerprint density at radius 2 is 2.40 bits per heavy atom. The van der Waals surface area contributed by atoms with Gasteiger partial charge in [-0.1, -0.05) is 29.8 Å². The summed E-state index contributed by atoms with van der Waals surface area (Å²) in [6.45, 7) is 2.64. The summed E-state index contributed by atoms with van der Waals surface area (Å²) in [6.07, 6.45) is 3.70. The van der Waals surface area contributed by atoms with Crippen molar-refractivity contribution in [3.63, 3.8) is 0 Å². The molecule has 1 aromatic rings. The number of nitrogens with zero attached hydrogens (tertiary/aromatic N) is 3. The lowest BCUT2D eigenvalue weighted by molar-refractivity contribution is -0.140. The number of carboxylic acid groups (broad SMARTS) is 1. The van der Waals surface area contributed by atoms with Crippen LogP contribution in [0, 0.1) is 18.4 Å². The number of benzene rings is 1. The molecule has 1 N–H and O–H groups in total. The molecule has 0 aromatic heterocycles. The second-order valence-corrected chi connectivity index (χ2v) is 4.98. The van der Waals surface area contributed by atoms with Crippen molar-refractivity contribution in [2.45, 2.75) is 32.2 Å². The molecule has 5 nitrogen and oxygen atoms in total. The molecular formula is C15H17N3O2. The highest BCUT2D eigenvalue weighted by atomic mass is 16.4. The number of aryl methyl sites for hydroxylation is 1. The van der Waals surface area contributed by atoms with E-state index in [9.17, 15) is 9.90 Å². The Kier molecular flexibility index (Phi) is 4.36. The summed E-state index contributed by atoms with van der Waals surface area (Å²) in [6, 6.07) is 7.38. The Morgan fingerprint density at radius 1 is 1.60 bits per heavy atom. The van der Waals surface area contributed by atoms with E-state index >= 15 is 0 Å². The smallest absolute Gasteiger partial charge is 0.326 e. The lowest BCUT2D eigenvalue weighted by Crippen LogP contribution is -2.41. The van der Waals surface area contributed by atoms with Gasteiger partial charge in [0.15, 0.2) is 0 Å². The van der Waals surface area contributed by atoms with Gasteiger partial charge in [0.2, 0.25) is 6.19 Å². The average Bonchev–Trinajstić information content (AvgIpc) is 2.87. The highest BCUT2D eigenvalue weighted by Crippen LogP contribution is 2.20. The third kappa shape index (κ3) is 3.15. The van der Waals surface area contributed by atoms with Gasteiger partial charge in [-0.25, -0.2) is 4.79 Å². The first-order chi connectivity index (χ1) is 9.61. The number of hydrogen-bond donors (Lipinski definition) is 1. The zero-order valence-electron chi connectivity index (χ0n) is 11.4. The van der Waals surface area contributed by atoms with E-state index in [1.807, 2.05) is 31.2 Å². The van der Waals surface area contributed by atoms with E-state index in [2.05, 4.69) is 4.99 Å². The zero-order chi connectivity index (χ0) is 14.5. The minimum Gasteiger partial charge on any atom is -0.480 e. The van der Waals surface area contributed by atoms with E-state index in [-0.39, 0.29) is 0 Å². The Bertz CT molecular complexity index is 575. The molecule has 0 bridgehead atoms. The SMILES string of the molecule is Cc1cccc(CC(=NC#N)N2CCCC2C(=O)O)c1. The lowest BCUT2D eigenvalue weighted by Gasteiger charge is -2.24. The Morgan fingerprint density at radius 3 is 3.05 bits per heavy atom. The fourth-order valence-corrected chi connectivity index (χ4v) is 2.60. The summed E-state index contributed by atoms with van der Waals surface area (Å²) in [5.74, 6) is -0.305. The van der Waals surface area contributed by atoms with E-state index in [4.69, 9.17) is 5.26 Å². The first-order valence-corrected chi connectivity index (χ1v) is 6.62. The van der Waals surface area contributed by atoms with Crippen LogP contribution >= 0.6 is 0 Å². The van der Waals surface area contributed by atoms with Gasteiger partial charge in [-0.3, -0.25) is 0 Å². The minimum atomic E-state index is -0.850. The van der Waals surface area contributed by atoms with Crippen LogP contribution in [0.2, 0.25) is 0 Å². The van der Waals surface area contributed by atoms with E-state index < -0.39 is 12.0 Å². The van der Waals surface area contributed by atoms with E-state index in [0.717, 1.165) is 17.5 Å². The maximum atomic E-state index is 11.2. The summed E-state index contributed by atoms with van der Waals surface area (Å²) in [7, 11) is 0. The maximum absolute atomic E-state index is 11.2. The first kappa shape index (κ1) is 14.1. The molecule has 0 saturated carbocycles. The van der Waals surface area contributed by atoms with Crippen molar-refractivity contribution in [1.29, 1.82) is 5.26 Å². The zero-order valence-corrected chi connectivity index (χ0v) is 11.4. The molecule has 1 heterocycles.